The molecule has 1 aromatic carbocycles. The number of amides is 2. The summed E-state index contributed by atoms with van der Waals surface area (Å²) < 4.78 is 1.90. The lowest BCUT2D eigenvalue weighted by Crippen LogP contribution is -2.38. The van der Waals surface area contributed by atoms with E-state index in [2.05, 4.69) is 42.1 Å². The van der Waals surface area contributed by atoms with Gasteiger partial charge in [0.1, 0.15) is 0 Å². The van der Waals surface area contributed by atoms with Crippen molar-refractivity contribution in [2.75, 3.05) is 38.0 Å². The van der Waals surface area contributed by atoms with Crippen LogP contribution in [0.25, 0.3) is 0 Å². The van der Waals surface area contributed by atoms with Gasteiger partial charge in [0, 0.05) is 40.8 Å². The Hall–Kier alpha value is -0.590. The first kappa shape index (κ1) is 16.3. The molecule has 3 rings (SSSR count). The molecule has 1 aromatic rings. The number of carbonyl (C=O) groups excluding carboxylic acids is 1. The first-order valence-corrected chi connectivity index (χ1v) is 9.43. The quantitative estimate of drug-likeness (QED) is 0.781. The van der Waals surface area contributed by atoms with Crippen molar-refractivity contribution in [1.29, 1.82) is 0 Å². The van der Waals surface area contributed by atoms with Crippen LogP contribution in [0.3, 0.4) is 0 Å². The van der Waals surface area contributed by atoms with Crippen molar-refractivity contribution >= 4 is 43.6 Å². The lowest BCUT2D eigenvalue weighted by atomic mass is 10.3. The minimum atomic E-state index is -0.00160. The predicted molar refractivity (Wildman–Crippen MR) is 96.2 cm³/mol. The van der Waals surface area contributed by atoms with Gasteiger partial charge in [0.15, 0.2) is 0 Å². The number of carbonyl (C=O) groups is 1. The second kappa shape index (κ2) is 7.32. The fraction of sp³-hybridized carbons (Fsp3) is 0.562. The molecule has 1 heterocycles. The Morgan fingerprint density at radius 2 is 1.82 bits per heavy atom. The fourth-order valence-electron chi connectivity index (χ4n) is 2.85. The van der Waals surface area contributed by atoms with Crippen molar-refractivity contribution in [1.82, 2.24) is 9.80 Å². The lowest BCUT2D eigenvalue weighted by Gasteiger charge is -2.22. The molecule has 2 aliphatic rings. The van der Waals surface area contributed by atoms with Gasteiger partial charge in [-0.3, -0.25) is 0 Å². The van der Waals surface area contributed by atoms with Crippen LogP contribution in [0.1, 0.15) is 19.3 Å². The zero-order valence-electron chi connectivity index (χ0n) is 12.5. The third kappa shape index (κ3) is 4.70. The van der Waals surface area contributed by atoms with Gasteiger partial charge in [-0.25, -0.2) is 4.79 Å². The number of anilines is 1. The van der Waals surface area contributed by atoms with E-state index in [9.17, 15) is 4.79 Å². The number of urea groups is 1. The topological polar surface area (TPSA) is 35.6 Å². The third-order valence-electron chi connectivity index (χ3n) is 4.20. The summed E-state index contributed by atoms with van der Waals surface area (Å²) in [5.41, 5.74) is 0.810. The smallest absolute Gasteiger partial charge is 0.321 e. The SMILES string of the molecule is O=C(Nc1cc(Br)cc(Br)c1)N1CCCN(CC2CC2)CC1. The number of hydrogen-bond acceptors (Lipinski definition) is 2. The van der Waals surface area contributed by atoms with E-state index < -0.39 is 0 Å². The second-order valence-electron chi connectivity index (χ2n) is 6.17. The van der Waals surface area contributed by atoms with Crippen molar-refractivity contribution in [2.45, 2.75) is 19.3 Å². The number of nitrogens with zero attached hydrogens (tertiary/aromatic N) is 2. The van der Waals surface area contributed by atoms with Gasteiger partial charge in [-0.05, 0) is 49.9 Å². The van der Waals surface area contributed by atoms with Gasteiger partial charge in [-0.15, -0.1) is 0 Å². The fourth-order valence-corrected chi connectivity index (χ4v) is 4.14. The van der Waals surface area contributed by atoms with Crippen molar-refractivity contribution < 1.29 is 4.79 Å². The highest BCUT2D eigenvalue weighted by Gasteiger charge is 2.26. The Morgan fingerprint density at radius 3 is 2.50 bits per heavy atom. The Balaban J connectivity index is 1.55. The van der Waals surface area contributed by atoms with Crippen molar-refractivity contribution in [3.63, 3.8) is 0 Å². The molecule has 0 atom stereocenters. The molecule has 22 heavy (non-hydrogen) atoms. The summed E-state index contributed by atoms with van der Waals surface area (Å²) in [5, 5.41) is 3.00. The average molecular weight is 431 g/mol. The summed E-state index contributed by atoms with van der Waals surface area (Å²) in [4.78, 5) is 16.9. The van der Waals surface area contributed by atoms with E-state index >= 15 is 0 Å². The number of hydrogen-bond donors (Lipinski definition) is 1. The Labute approximate surface area is 148 Å². The maximum absolute atomic E-state index is 12.4. The monoisotopic (exact) mass is 429 g/mol. The third-order valence-corrected chi connectivity index (χ3v) is 5.12. The second-order valence-corrected chi connectivity index (χ2v) is 8.00. The molecular weight excluding hydrogens is 410 g/mol. The van der Waals surface area contributed by atoms with Gasteiger partial charge in [0.25, 0.3) is 0 Å². The average Bonchev–Trinajstić information content (AvgIpc) is 3.25. The summed E-state index contributed by atoms with van der Waals surface area (Å²) in [6.45, 7) is 4.97. The highest BCUT2D eigenvalue weighted by atomic mass is 79.9. The van der Waals surface area contributed by atoms with Crippen LogP contribution in [0.5, 0.6) is 0 Å². The molecule has 1 saturated carbocycles. The van der Waals surface area contributed by atoms with E-state index in [4.69, 9.17) is 0 Å². The molecule has 4 nitrogen and oxygen atoms in total. The van der Waals surface area contributed by atoms with Crippen LogP contribution in [0.2, 0.25) is 0 Å². The molecule has 1 aliphatic heterocycles. The predicted octanol–water partition coefficient (Wildman–Crippen LogP) is 4.16. The molecule has 1 aliphatic carbocycles. The maximum Gasteiger partial charge on any atom is 0.321 e. The van der Waals surface area contributed by atoms with Crippen LogP contribution in [0, 0.1) is 5.92 Å². The van der Waals surface area contributed by atoms with Crippen molar-refractivity contribution in [2.24, 2.45) is 5.92 Å². The van der Waals surface area contributed by atoms with Crippen LogP contribution in [-0.4, -0.2) is 48.6 Å². The molecule has 120 valence electrons. The zero-order valence-corrected chi connectivity index (χ0v) is 15.7. The van der Waals surface area contributed by atoms with Crippen LogP contribution >= 0.6 is 31.9 Å². The van der Waals surface area contributed by atoms with E-state index in [0.29, 0.717) is 0 Å². The molecule has 6 heteroatoms. The van der Waals surface area contributed by atoms with Gasteiger partial charge in [-0.1, -0.05) is 31.9 Å². The molecule has 2 fully saturated rings. The summed E-state index contributed by atoms with van der Waals surface area (Å²) in [6.07, 6.45) is 3.83. The van der Waals surface area contributed by atoms with Crippen LogP contribution < -0.4 is 5.32 Å². The molecule has 1 saturated heterocycles. The van der Waals surface area contributed by atoms with Gasteiger partial charge >= 0.3 is 6.03 Å². The summed E-state index contributed by atoms with van der Waals surface area (Å²) >= 11 is 6.89. The van der Waals surface area contributed by atoms with Crippen molar-refractivity contribution in [3.8, 4) is 0 Å². The van der Waals surface area contributed by atoms with Crippen LogP contribution in [0.4, 0.5) is 10.5 Å². The van der Waals surface area contributed by atoms with E-state index in [0.717, 1.165) is 53.2 Å². The van der Waals surface area contributed by atoms with Gasteiger partial charge in [0.05, 0.1) is 0 Å². The lowest BCUT2D eigenvalue weighted by molar-refractivity contribution is 0.211. The highest BCUT2D eigenvalue weighted by Crippen LogP contribution is 2.30. The zero-order chi connectivity index (χ0) is 15.5. The summed E-state index contributed by atoms with van der Waals surface area (Å²) in [7, 11) is 0. The summed E-state index contributed by atoms with van der Waals surface area (Å²) in [5.74, 6) is 0.916. The number of halogens is 2. The van der Waals surface area contributed by atoms with Gasteiger partial charge < -0.3 is 15.1 Å². The molecule has 0 bridgehead atoms. The molecule has 0 spiro atoms. The van der Waals surface area contributed by atoms with Gasteiger partial charge in [0.2, 0.25) is 0 Å². The summed E-state index contributed by atoms with van der Waals surface area (Å²) in [6, 6.07) is 5.79. The molecule has 1 N–H and O–H groups in total. The Morgan fingerprint density at radius 1 is 1.09 bits per heavy atom. The molecule has 2 amide bonds. The largest absolute Gasteiger partial charge is 0.323 e. The minimum absolute atomic E-state index is 0.00160. The normalized spacial score (nSPS) is 19.8. The Bertz CT molecular complexity index is 528. The van der Waals surface area contributed by atoms with Crippen LogP contribution in [-0.2, 0) is 0 Å². The molecule has 0 aromatic heterocycles. The van der Waals surface area contributed by atoms with Crippen LogP contribution in [0.15, 0.2) is 27.1 Å². The number of rotatable bonds is 3. The first-order chi connectivity index (χ1) is 10.6. The minimum Gasteiger partial charge on any atom is -0.323 e. The first-order valence-electron chi connectivity index (χ1n) is 7.84. The number of nitrogens with one attached hydrogen (secondary N) is 1. The van der Waals surface area contributed by atoms with Gasteiger partial charge in [-0.2, -0.15) is 0 Å². The highest BCUT2D eigenvalue weighted by molar-refractivity contribution is 9.11. The van der Waals surface area contributed by atoms with E-state index in [1.165, 1.54) is 19.4 Å². The number of benzene rings is 1. The molecular formula is C16H21Br2N3O. The maximum atomic E-state index is 12.4. The standard InChI is InChI=1S/C16H21Br2N3O/c17-13-8-14(18)10-15(9-13)19-16(22)21-5-1-4-20(6-7-21)11-12-2-3-12/h8-10,12H,1-7,11H2,(H,19,22). The Kier molecular flexibility index (Phi) is 5.42. The van der Waals surface area contributed by atoms with E-state index in [1.54, 1.807) is 0 Å². The molecule has 0 radical (unpaired) electrons. The van der Waals surface area contributed by atoms with E-state index in [-0.39, 0.29) is 6.03 Å². The molecule has 0 unspecified atom stereocenters. The van der Waals surface area contributed by atoms with E-state index in [1.807, 2.05) is 23.1 Å². The van der Waals surface area contributed by atoms with Crippen molar-refractivity contribution in [3.05, 3.63) is 27.1 Å².